The van der Waals surface area contributed by atoms with Crippen molar-refractivity contribution >= 4 is 41.0 Å². The van der Waals surface area contributed by atoms with E-state index in [0.717, 1.165) is 0 Å². The number of para-hydroxylation sites is 1. The van der Waals surface area contributed by atoms with E-state index in [0.29, 0.717) is 22.7 Å². The number of esters is 1. The van der Waals surface area contributed by atoms with Crippen molar-refractivity contribution in [3.05, 3.63) is 89.5 Å². The van der Waals surface area contributed by atoms with Crippen LogP contribution in [-0.2, 0) is 28.7 Å². The lowest BCUT2D eigenvalue weighted by Gasteiger charge is -2.40. The number of hydrogen-bond donors (Lipinski definition) is 2. The van der Waals surface area contributed by atoms with Crippen molar-refractivity contribution in [2.24, 2.45) is 17.8 Å². The number of aliphatic hydroxyl groups excluding tert-OH is 1. The van der Waals surface area contributed by atoms with Crippen LogP contribution in [0, 0.1) is 17.8 Å². The number of hydrogen-bond acceptors (Lipinski definition) is 7. The average Bonchev–Trinajstić information content (AvgIpc) is 3.43. The van der Waals surface area contributed by atoms with Gasteiger partial charge in [0.2, 0.25) is 11.8 Å². The van der Waals surface area contributed by atoms with Crippen LogP contribution in [0.15, 0.2) is 78.9 Å². The van der Waals surface area contributed by atoms with Gasteiger partial charge >= 0.3 is 5.97 Å². The summed E-state index contributed by atoms with van der Waals surface area (Å²) in [6, 6.07) is 13.6. The first kappa shape index (κ1) is 32.9. The number of halogens is 1. The Morgan fingerprint density at radius 2 is 1.74 bits per heavy atom. The monoisotopic (exact) mass is 661 g/mol. The normalized spacial score (nSPS) is 32.4. The molecule has 0 aromatic heterocycles. The zero-order chi connectivity index (χ0) is 33.5. The zero-order valence-electron chi connectivity index (χ0n) is 26.6. The molecular weight excluding hydrogens is 622 g/mol. The summed E-state index contributed by atoms with van der Waals surface area (Å²) >= 11 is 6.56. The lowest BCUT2D eigenvalue weighted by molar-refractivity contribution is -0.162. The molecule has 0 radical (unpaired) electrons. The molecule has 2 aromatic carbocycles. The van der Waals surface area contributed by atoms with Crippen molar-refractivity contribution in [2.45, 2.75) is 69.5 Å². The van der Waals surface area contributed by atoms with E-state index in [4.69, 9.17) is 21.1 Å². The van der Waals surface area contributed by atoms with Gasteiger partial charge in [-0.1, -0.05) is 92.2 Å². The molecule has 2 saturated heterocycles. The quantitative estimate of drug-likeness (QED) is 0.367. The summed E-state index contributed by atoms with van der Waals surface area (Å²) in [5, 5.41) is 13.9. The summed E-state index contributed by atoms with van der Waals surface area (Å²) in [7, 11) is 0. The maximum atomic E-state index is 14.8. The Morgan fingerprint density at radius 3 is 2.45 bits per heavy atom. The Hall–Kier alpha value is -3.99. The van der Waals surface area contributed by atoms with Gasteiger partial charge < -0.3 is 29.7 Å². The number of nitrogens with zero attached hydrogens (tertiary/aromatic N) is 2. The SMILES string of the molecule is CC(C)[C@H](CO)N1C(=O)[C@@H]2[C@H]3C(=O)O[C@H](c4ccccc4)[C@@H](C)NC(=O)CC/C=C\[C@H]3O[C@@]23C=CCN(c2ccccc2Cl)C(=O)[C@@H]13. The van der Waals surface area contributed by atoms with Gasteiger partial charge in [0.25, 0.3) is 5.91 Å². The van der Waals surface area contributed by atoms with Gasteiger partial charge in [0.15, 0.2) is 0 Å². The van der Waals surface area contributed by atoms with Crippen LogP contribution < -0.4 is 10.2 Å². The molecule has 0 unspecified atom stereocenters. The number of likely N-dealkylation sites (tertiary alicyclic amines) is 1. The third-order valence-corrected chi connectivity index (χ3v) is 10.1. The first-order valence-electron chi connectivity index (χ1n) is 16.1. The van der Waals surface area contributed by atoms with Gasteiger partial charge in [-0.2, -0.15) is 0 Å². The van der Waals surface area contributed by atoms with Crippen molar-refractivity contribution < 1.29 is 33.8 Å². The fourth-order valence-corrected chi connectivity index (χ4v) is 7.75. The largest absolute Gasteiger partial charge is 0.455 e. The van der Waals surface area contributed by atoms with Gasteiger partial charge in [0.05, 0.1) is 41.4 Å². The maximum Gasteiger partial charge on any atom is 0.313 e. The van der Waals surface area contributed by atoms with E-state index >= 15 is 0 Å². The summed E-state index contributed by atoms with van der Waals surface area (Å²) in [6.45, 7) is 5.28. The number of cyclic esters (lactones) is 1. The molecule has 0 aliphatic carbocycles. The summed E-state index contributed by atoms with van der Waals surface area (Å²) in [6.07, 6.45) is 5.79. The second-order valence-electron chi connectivity index (χ2n) is 13.0. The molecule has 2 fully saturated rings. The van der Waals surface area contributed by atoms with Crippen LogP contribution in [0.1, 0.15) is 45.3 Å². The van der Waals surface area contributed by atoms with E-state index in [9.17, 15) is 24.3 Å². The van der Waals surface area contributed by atoms with E-state index < -0.39 is 72.2 Å². The lowest BCUT2D eigenvalue weighted by Crippen LogP contribution is -2.59. The molecule has 6 rings (SSSR count). The topological polar surface area (TPSA) is 125 Å². The van der Waals surface area contributed by atoms with Crippen molar-refractivity contribution in [3.63, 3.8) is 0 Å². The molecule has 4 aliphatic rings. The van der Waals surface area contributed by atoms with Gasteiger partial charge in [-0.05, 0) is 37.0 Å². The summed E-state index contributed by atoms with van der Waals surface area (Å²) < 4.78 is 13.0. The zero-order valence-corrected chi connectivity index (χ0v) is 27.4. The van der Waals surface area contributed by atoms with Crippen LogP contribution in [0.5, 0.6) is 0 Å². The fourth-order valence-electron chi connectivity index (χ4n) is 7.51. The molecule has 248 valence electrons. The molecule has 11 heteroatoms. The van der Waals surface area contributed by atoms with Crippen LogP contribution in [0.25, 0.3) is 0 Å². The maximum absolute atomic E-state index is 14.8. The summed E-state index contributed by atoms with van der Waals surface area (Å²) in [4.78, 5) is 59.7. The van der Waals surface area contributed by atoms with Gasteiger partial charge in [-0.15, -0.1) is 0 Å². The highest BCUT2D eigenvalue weighted by molar-refractivity contribution is 6.34. The van der Waals surface area contributed by atoms with E-state index in [2.05, 4.69) is 5.32 Å². The Labute approximate surface area is 279 Å². The van der Waals surface area contributed by atoms with Crippen LogP contribution in [0.3, 0.4) is 0 Å². The first-order valence-corrected chi connectivity index (χ1v) is 16.5. The molecule has 2 N–H and O–H groups in total. The highest BCUT2D eigenvalue weighted by Gasteiger charge is 2.72. The number of nitrogens with one attached hydrogen (secondary N) is 1. The predicted molar refractivity (Wildman–Crippen MR) is 175 cm³/mol. The third kappa shape index (κ3) is 5.76. The standard InChI is InChI=1S/C36H40ClN3O7/c1-21(2)26(20-41)40-32-34(44)39(25-15-8-7-14-24(25)37)19-11-18-36(32)30(33(40)43)29-27(47-36)16-9-10-17-28(42)38-22(3)31(46-35(29)45)23-12-5-4-6-13-23/h4-9,11-16,18,21-22,26-27,29-32,41H,10,17,19-20H2,1-3H3,(H,38,42)/b16-9-/t22-,26+,27-,29+,30+,31+,32-,36+/m1/s1. The molecule has 4 heterocycles. The third-order valence-electron chi connectivity index (χ3n) is 9.74. The van der Waals surface area contributed by atoms with E-state index in [1.807, 2.05) is 44.2 Å². The van der Waals surface area contributed by atoms with Crippen LogP contribution in [0.4, 0.5) is 5.69 Å². The van der Waals surface area contributed by atoms with Crippen LogP contribution in [-0.4, -0.2) is 76.7 Å². The number of benzene rings is 2. The Bertz CT molecular complexity index is 1600. The van der Waals surface area contributed by atoms with Gasteiger partial charge in [-0.25, -0.2) is 0 Å². The lowest BCUT2D eigenvalue weighted by atomic mass is 9.77. The van der Waals surface area contributed by atoms with E-state index in [1.54, 1.807) is 55.5 Å². The Morgan fingerprint density at radius 1 is 1.02 bits per heavy atom. The number of allylic oxidation sites excluding steroid dienone is 1. The van der Waals surface area contributed by atoms with Gasteiger partial charge in [-0.3, -0.25) is 19.2 Å². The smallest absolute Gasteiger partial charge is 0.313 e. The number of anilines is 1. The predicted octanol–water partition coefficient (Wildman–Crippen LogP) is 3.98. The number of amides is 3. The molecule has 0 bridgehead atoms. The Kier molecular flexibility index (Phi) is 9.29. The molecule has 8 atom stereocenters. The number of fused-ring (bicyclic) bond motifs is 2. The van der Waals surface area contributed by atoms with Gasteiger partial charge in [0, 0.05) is 13.0 Å². The molecule has 4 aliphatic heterocycles. The number of aliphatic hydroxyl groups is 1. The highest BCUT2D eigenvalue weighted by Crippen LogP contribution is 2.54. The number of carbonyl (C=O) groups excluding carboxylic acids is 4. The average molecular weight is 662 g/mol. The number of carbonyl (C=O) groups is 4. The van der Waals surface area contributed by atoms with Gasteiger partial charge in [0.1, 0.15) is 23.7 Å². The Balaban J connectivity index is 1.48. The molecule has 3 amide bonds. The molecular formula is C36H40ClN3O7. The molecule has 47 heavy (non-hydrogen) atoms. The molecule has 0 saturated carbocycles. The van der Waals surface area contributed by atoms with E-state index in [1.165, 1.54) is 9.80 Å². The molecule has 10 nitrogen and oxygen atoms in total. The second kappa shape index (κ2) is 13.3. The fraction of sp³-hybridized carbons (Fsp3) is 0.444. The summed E-state index contributed by atoms with van der Waals surface area (Å²) in [5.74, 6) is -4.23. The minimum atomic E-state index is -1.55. The van der Waals surface area contributed by atoms with Crippen LogP contribution in [0.2, 0.25) is 5.02 Å². The highest BCUT2D eigenvalue weighted by atomic mass is 35.5. The molecule has 1 spiro atoms. The van der Waals surface area contributed by atoms with Crippen molar-refractivity contribution in [3.8, 4) is 0 Å². The molecule has 2 aromatic rings. The van der Waals surface area contributed by atoms with Crippen LogP contribution >= 0.6 is 11.6 Å². The number of rotatable bonds is 5. The summed E-state index contributed by atoms with van der Waals surface area (Å²) in [5.41, 5.74) is -0.390. The first-order chi connectivity index (χ1) is 22.6. The number of ether oxygens (including phenoxy) is 2. The van der Waals surface area contributed by atoms with Crippen molar-refractivity contribution in [2.75, 3.05) is 18.1 Å². The van der Waals surface area contributed by atoms with E-state index in [-0.39, 0.29) is 24.8 Å². The minimum absolute atomic E-state index is 0.154. The second-order valence-corrected chi connectivity index (χ2v) is 13.4. The minimum Gasteiger partial charge on any atom is -0.455 e. The van der Waals surface area contributed by atoms with Crippen molar-refractivity contribution in [1.29, 1.82) is 0 Å². The van der Waals surface area contributed by atoms with Crippen molar-refractivity contribution in [1.82, 2.24) is 10.2 Å².